The molecule has 0 radical (unpaired) electrons. The molecule has 0 unspecified atom stereocenters. The summed E-state index contributed by atoms with van der Waals surface area (Å²) in [5, 5.41) is 0. The number of aryl methyl sites for hydroxylation is 1. The van der Waals surface area contributed by atoms with Crippen molar-refractivity contribution in [2.75, 3.05) is 14.2 Å². The fraction of sp³-hybridized carbons (Fsp3) is 0.188. The topological polar surface area (TPSA) is 35.5 Å². The highest BCUT2D eigenvalue weighted by atomic mass is 79.9. The highest BCUT2D eigenvalue weighted by molar-refractivity contribution is 9.10. The van der Waals surface area contributed by atoms with Gasteiger partial charge in [-0.05, 0) is 58.7 Å². The summed E-state index contributed by atoms with van der Waals surface area (Å²) < 4.78 is 24.6. The number of rotatable bonds is 4. The van der Waals surface area contributed by atoms with Crippen LogP contribution in [0, 0.1) is 12.7 Å². The Morgan fingerprint density at radius 3 is 2.29 bits per heavy atom. The van der Waals surface area contributed by atoms with Gasteiger partial charge in [0.2, 0.25) is 0 Å². The molecule has 0 aliphatic rings. The maximum atomic E-state index is 13.5. The second kappa shape index (κ2) is 6.26. The fourth-order valence-corrected chi connectivity index (χ4v) is 2.55. The molecule has 5 heteroatoms. The van der Waals surface area contributed by atoms with Crippen LogP contribution in [0.3, 0.4) is 0 Å². The third kappa shape index (κ3) is 3.24. The first kappa shape index (κ1) is 15.5. The number of halogens is 2. The minimum Gasteiger partial charge on any atom is -0.496 e. The summed E-state index contributed by atoms with van der Waals surface area (Å²) in [6.45, 7) is 1.74. The highest BCUT2D eigenvalue weighted by Crippen LogP contribution is 2.34. The first-order chi connectivity index (χ1) is 9.96. The first-order valence-electron chi connectivity index (χ1n) is 6.19. The Morgan fingerprint density at radius 2 is 1.71 bits per heavy atom. The van der Waals surface area contributed by atoms with Crippen LogP contribution in [0.1, 0.15) is 21.5 Å². The van der Waals surface area contributed by atoms with E-state index >= 15 is 0 Å². The van der Waals surface area contributed by atoms with Crippen LogP contribution in [0.5, 0.6) is 11.5 Å². The van der Waals surface area contributed by atoms with Gasteiger partial charge in [0, 0.05) is 5.56 Å². The van der Waals surface area contributed by atoms with Crippen LogP contribution in [-0.2, 0) is 0 Å². The second-order valence-corrected chi connectivity index (χ2v) is 5.39. The van der Waals surface area contributed by atoms with Crippen LogP contribution in [0.25, 0.3) is 0 Å². The van der Waals surface area contributed by atoms with Crippen LogP contribution in [0.4, 0.5) is 4.39 Å². The lowest BCUT2D eigenvalue weighted by Crippen LogP contribution is -2.06. The zero-order chi connectivity index (χ0) is 15.6. The molecule has 0 fully saturated rings. The van der Waals surface area contributed by atoms with Gasteiger partial charge in [0.15, 0.2) is 5.78 Å². The van der Waals surface area contributed by atoms with Crippen molar-refractivity contribution in [3.63, 3.8) is 0 Å². The SMILES string of the molecule is COc1cc(C(=O)c2cc(C)cc(F)c2)c(OC)cc1Br. The molecular formula is C16H14BrFO3. The summed E-state index contributed by atoms with van der Waals surface area (Å²) in [5.74, 6) is 0.142. The number of hydrogen-bond acceptors (Lipinski definition) is 3. The van der Waals surface area contributed by atoms with Crippen molar-refractivity contribution in [1.82, 2.24) is 0 Å². The minimum absolute atomic E-state index is 0.273. The molecule has 0 atom stereocenters. The van der Waals surface area contributed by atoms with Crippen LogP contribution in [0.15, 0.2) is 34.8 Å². The van der Waals surface area contributed by atoms with Crippen molar-refractivity contribution in [3.8, 4) is 11.5 Å². The van der Waals surface area contributed by atoms with E-state index in [-0.39, 0.29) is 11.3 Å². The molecule has 0 spiro atoms. The van der Waals surface area contributed by atoms with Gasteiger partial charge in [-0.1, -0.05) is 0 Å². The average molecular weight is 353 g/mol. The van der Waals surface area contributed by atoms with Crippen LogP contribution in [0.2, 0.25) is 0 Å². The van der Waals surface area contributed by atoms with E-state index in [0.29, 0.717) is 27.1 Å². The van der Waals surface area contributed by atoms with Crippen molar-refractivity contribution in [3.05, 3.63) is 57.3 Å². The molecule has 3 nitrogen and oxygen atoms in total. The van der Waals surface area contributed by atoms with Gasteiger partial charge in [0.05, 0.1) is 24.3 Å². The molecule has 2 rings (SSSR count). The summed E-state index contributed by atoms with van der Waals surface area (Å²) in [7, 11) is 2.98. The smallest absolute Gasteiger partial charge is 0.197 e. The van der Waals surface area contributed by atoms with Crippen LogP contribution in [-0.4, -0.2) is 20.0 Å². The lowest BCUT2D eigenvalue weighted by atomic mass is 10.0. The number of methoxy groups -OCH3 is 2. The largest absolute Gasteiger partial charge is 0.496 e. The molecule has 2 aromatic rings. The molecule has 0 aliphatic carbocycles. The number of ether oxygens (including phenoxy) is 2. The Morgan fingerprint density at radius 1 is 1.05 bits per heavy atom. The Bertz CT molecular complexity index is 678. The third-order valence-corrected chi connectivity index (χ3v) is 3.64. The summed E-state index contributed by atoms with van der Waals surface area (Å²) in [5.41, 5.74) is 1.28. The number of carbonyl (C=O) groups excluding carboxylic acids is 1. The molecule has 2 aromatic carbocycles. The van der Waals surface area contributed by atoms with E-state index in [1.807, 2.05) is 0 Å². The lowest BCUT2D eigenvalue weighted by Gasteiger charge is -2.12. The van der Waals surface area contributed by atoms with Crippen LogP contribution < -0.4 is 9.47 Å². The molecule has 0 bridgehead atoms. The van der Waals surface area contributed by atoms with E-state index in [0.717, 1.165) is 0 Å². The Balaban J connectivity index is 2.56. The number of carbonyl (C=O) groups is 1. The van der Waals surface area contributed by atoms with Gasteiger partial charge in [-0.3, -0.25) is 4.79 Å². The van der Waals surface area contributed by atoms with Gasteiger partial charge >= 0.3 is 0 Å². The van der Waals surface area contributed by atoms with E-state index in [1.54, 1.807) is 25.1 Å². The summed E-state index contributed by atoms with van der Waals surface area (Å²) >= 11 is 3.33. The van der Waals surface area contributed by atoms with E-state index in [9.17, 15) is 9.18 Å². The molecule has 0 aliphatic heterocycles. The summed E-state index contributed by atoms with van der Waals surface area (Å²) in [6, 6.07) is 7.45. The Kier molecular flexibility index (Phi) is 4.63. The summed E-state index contributed by atoms with van der Waals surface area (Å²) in [6.07, 6.45) is 0. The lowest BCUT2D eigenvalue weighted by molar-refractivity contribution is 0.103. The van der Waals surface area contributed by atoms with Crippen molar-refractivity contribution >= 4 is 21.7 Å². The Labute approximate surface area is 130 Å². The monoisotopic (exact) mass is 352 g/mol. The van der Waals surface area contributed by atoms with Gasteiger partial charge in [-0.2, -0.15) is 0 Å². The average Bonchev–Trinajstić information content (AvgIpc) is 2.45. The molecule has 0 N–H and O–H groups in total. The maximum Gasteiger partial charge on any atom is 0.197 e. The van der Waals surface area contributed by atoms with Crippen LogP contribution >= 0.6 is 15.9 Å². The minimum atomic E-state index is -0.443. The van der Waals surface area contributed by atoms with E-state index in [2.05, 4.69) is 15.9 Å². The zero-order valence-electron chi connectivity index (χ0n) is 11.9. The molecule has 0 saturated carbocycles. The van der Waals surface area contributed by atoms with Crippen molar-refractivity contribution in [1.29, 1.82) is 0 Å². The molecular weight excluding hydrogens is 339 g/mol. The van der Waals surface area contributed by atoms with Crippen molar-refractivity contribution in [2.24, 2.45) is 0 Å². The van der Waals surface area contributed by atoms with Gasteiger partial charge in [0.25, 0.3) is 0 Å². The van der Waals surface area contributed by atoms with Gasteiger partial charge in [-0.25, -0.2) is 4.39 Å². The number of ketones is 1. The van der Waals surface area contributed by atoms with E-state index in [4.69, 9.17) is 9.47 Å². The molecule has 0 heterocycles. The molecule has 0 amide bonds. The second-order valence-electron chi connectivity index (χ2n) is 4.53. The van der Waals surface area contributed by atoms with Crippen molar-refractivity contribution < 1.29 is 18.7 Å². The zero-order valence-corrected chi connectivity index (χ0v) is 13.5. The molecule has 110 valence electrons. The quantitative estimate of drug-likeness (QED) is 0.775. The first-order valence-corrected chi connectivity index (χ1v) is 6.99. The molecule has 21 heavy (non-hydrogen) atoms. The molecule has 0 aromatic heterocycles. The van der Waals surface area contributed by atoms with E-state index < -0.39 is 5.82 Å². The predicted octanol–water partition coefficient (Wildman–Crippen LogP) is 4.14. The summed E-state index contributed by atoms with van der Waals surface area (Å²) in [4.78, 5) is 12.6. The predicted molar refractivity (Wildman–Crippen MR) is 81.8 cm³/mol. The van der Waals surface area contributed by atoms with Gasteiger partial charge < -0.3 is 9.47 Å². The van der Waals surface area contributed by atoms with E-state index in [1.165, 1.54) is 26.4 Å². The number of hydrogen-bond donors (Lipinski definition) is 0. The Hall–Kier alpha value is -1.88. The normalized spacial score (nSPS) is 10.3. The highest BCUT2D eigenvalue weighted by Gasteiger charge is 2.18. The maximum absolute atomic E-state index is 13.5. The fourth-order valence-electron chi connectivity index (χ4n) is 2.06. The molecule has 0 saturated heterocycles. The van der Waals surface area contributed by atoms with Crippen molar-refractivity contribution in [2.45, 2.75) is 6.92 Å². The number of benzene rings is 2. The standard InChI is InChI=1S/C16H14BrFO3/c1-9-4-10(6-11(18)5-9)16(19)12-7-15(21-3)13(17)8-14(12)20-2/h4-8H,1-3H3. The third-order valence-electron chi connectivity index (χ3n) is 3.02. The van der Waals surface area contributed by atoms with Gasteiger partial charge in [0.1, 0.15) is 17.3 Å². The van der Waals surface area contributed by atoms with Gasteiger partial charge in [-0.15, -0.1) is 0 Å².